The molecule has 3 aliphatic rings. The number of piperazine rings is 1. The zero-order chi connectivity index (χ0) is 12.8. The first-order valence-corrected chi connectivity index (χ1v) is 7.92. The van der Waals surface area contributed by atoms with Crippen molar-refractivity contribution in [3.05, 3.63) is 0 Å². The molecule has 0 aromatic carbocycles. The second-order valence-corrected chi connectivity index (χ2v) is 6.73. The minimum atomic E-state index is 0.314. The van der Waals surface area contributed by atoms with Crippen LogP contribution in [0.25, 0.3) is 0 Å². The lowest BCUT2D eigenvalue weighted by atomic mass is 9.85. The van der Waals surface area contributed by atoms with Gasteiger partial charge < -0.3 is 5.73 Å². The molecule has 18 heavy (non-hydrogen) atoms. The van der Waals surface area contributed by atoms with E-state index in [0.717, 1.165) is 18.5 Å². The SMILES string of the molecule is CCC(CN)(C1CC1)N1CC2CCCN2CC1C. The maximum Gasteiger partial charge on any atom is 0.0361 e. The molecule has 3 unspecified atom stereocenters. The summed E-state index contributed by atoms with van der Waals surface area (Å²) in [5.74, 6) is 0.878. The summed E-state index contributed by atoms with van der Waals surface area (Å²) < 4.78 is 0. The molecule has 0 bridgehead atoms. The standard InChI is InChI=1S/C15H29N3/c1-3-15(11-16,13-6-7-13)18-10-14-5-4-8-17(14)9-12(18)2/h12-14H,3-11,16H2,1-2H3. The Morgan fingerprint density at radius 2 is 2.00 bits per heavy atom. The highest BCUT2D eigenvalue weighted by atomic mass is 15.4. The molecule has 3 nitrogen and oxygen atoms in total. The van der Waals surface area contributed by atoms with Gasteiger partial charge in [0.2, 0.25) is 0 Å². The first-order valence-electron chi connectivity index (χ1n) is 7.92. The van der Waals surface area contributed by atoms with E-state index >= 15 is 0 Å². The fourth-order valence-electron chi connectivity index (χ4n) is 4.58. The van der Waals surface area contributed by atoms with Crippen LogP contribution in [0.1, 0.15) is 46.0 Å². The summed E-state index contributed by atoms with van der Waals surface area (Å²) >= 11 is 0. The van der Waals surface area contributed by atoms with Crippen molar-refractivity contribution in [3.8, 4) is 0 Å². The van der Waals surface area contributed by atoms with Crippen LogP contribution in [0.5, 0.6) is 0 Å². The van der Waals surface area contributed by atoms with Crippen molar-refractivity contribution in [1.82, 2.24) is 9.80 Å². The van der Waals surface area contributed by atoms with Gasteiger partial charge in [-0.3, -0.25) is 9.80 Å². The van der Waals surface area contributed by atoms with Crippen LogP contribution in [-0.4, -0.2) is 53.6 Å². The zero-order valence-electron chi connectivity index (χ0n) is 12.1. The van der Waals surface area contributed by atoms with Crippen LogP contribution < -0.4 is 5.73 Å². The summed E-state index contributed by atoms with van der Waals surface area (Å²) in [6.07, 6.45) is 6.84. The Bertz CT molecular complexity index is 296. The van der Waals surface area contributed by atoms with E-state index in [4.69, 9.17) is 5.73 Å². The Morgan fingerprint density at radius 1 is 1.22 bits per heavy atom. The van der Waals surface area contributed by atoms with Crippen molar-refractivity contribution in [2.75, 3.05) is 26.2 Å². The van der Waals surface area contributed by atoms with Gasteiger partial charge in [-0.2, -0.15) is 0 Å². The molecule has 3 heteroatoms. The summed E-state index contributed by atoms with van der Waals surface area (Å²) in [7, 11) is 0. The molecule has 2 N–H and O–H groups in total. The molecule has 0 aromatic heterocycles. The number of hydrogen-bond donors (Lipinski definition) is 1. The van der Waals surface area contributed by atoms with E-state index in [2.05, 4.69) is 23.6 Å². The maximum atomic E-state index is 6.23. The van der Waals surface area contributed by atoms with Crippen LogP contribution in [0.4, 0.5) is 0 Å². The van der Waals surface area contributed by atoms with Crippen LogP contribution in [0.2, 0.25) is 0 Å². The number of fused-ring (bicyclic) bond motifs is 1. The van der Waals surface area contributed by atoms with Crippen molar-refractivity contribution in [2.45, 2.75) is 63.6 Å². The third kappa shape index (κ3) is 1.91. The lowest BCUT2D eigenvalue weighted by Gasteiger charge is -2.52. The fraction of sp³-hybridized carbons (Fsp3) is 1.00. The molecule has 0 amide bonds. The van der Waals surface area contributed by atoms with Crippen molar-refractivity contribution in [3.63, 3.8) is 0 Å². The fourth-order valence-corrected chi connectivity index (χ4v) is 4.58. The lowest BCUT2D eigenvalue weighted by molar-refractivity contribution is -0.0336. The Balaban J connectivity index is 1.80. The normalized spacial score (nSPS) is 37.5. The summed E-state index contributed by atoms with van der Waals surface area (Å²) in [6, 6.07) is 1.50. The molecular formula is C15H29N3. The molecule has 3 rings (SSSR count). The van der Waals surface area contributed by atoms with Crippen molar-refractivity contribution in [2.24, 2.45) is 11.7 Å². The van der Waals surface area contributed by atoms with Gasteiger partial charge in [-0.1, -0.05) is 6.92 Å². The van der Waals surface area contributed by atoms with Gasteiger partial charge in [0.15, 0.2) is 0 Å². The molecule has 1 saturated carbocycles. The van der Waals surface area contributed by atoms with Gasteiger partial charge in [0.1, 0.15) is 0 Å². The summed E-state index contributed by atoms with van der Waals surface area (Å²) in [5, 5.41) is 0. The average Bonchev–Trinajstić information content (AvgIpc) is 3.12. The quantitative estimate of drug-likeness (QED) is 0.825. The van der Waals surface area contributed by atoms with Crippen LogP contribution in [0.3, 0.4) is 0 Å². The highest BCUT2D eigenvalue weighted by Gasteiger charge is 2.50. The average molecular weight is 251 g/mol. The molecule has 3 atom stereocenters. The van der Waals surface area contributed by atoms with E-state index < -0.39 is 0 Å². The number of nitrogens with two attached hydrogens (primary N) is 1. The van der Waals surface area contributed by atoms with E-state index in [1.165, 1.54) is 51.7 Å². The van der Waals surface area contributed by atoms with Crippen LogP contribution in [0, 0.1) is 5.92 Å². The van der Waals surface area contributed by atoms with Crippen molar-refractivity contribution in [1.29, 1.82) is 0 Å². The van der Waals surface area contributed by atoms with Crippen LogP contribution in [0.15, 0.2) is 0 Å². The second kappa shape index (κ2) is 4.77. The lowest BCUT2D eigenvalue weighted by Crippen LogP contribution is -2.66. The van der Waals surface area contributed by atoms with Crippen LogP contribution in [-0.2, 0) is 0 Å². The van der Waals surface area contributed by atoms with Gasteiger partial charge >= 0.3 is 0 Å². The highest BCUT2D eigenvalue weighted by molar-refractivity contribution is 5.07. The Morgan fingerprint density at radius 3 is 2.61 bits per heavy atom. The summed E-state index contributed by atoms with van der Waals surface area (Å²) in [6.45, 7) is 9.47. The first kappa shape index (κ1) is 12.9. The number of hydrogen-bond acceptors (Lipinski definition) is 3. The molecule has 2 heterocycles. The van der Waals surface area contributed by atoms with Gasteiger partial charge in [0.05, 0.1) is 0 Å². The van der Waals surface area contributed by atoms with Gasteiger partial charge in [-0.25, -0.2) is 0 Å². The van der Waals surface area contributed by atoms with Gasteiger partial charge in [-0.15, -0.1) is 0 Å². The number of rotatable bonds is 4. The summed E-state index contributed by atoms with van der Waals surface area (Å²) in [5.41, 5.74) is 6.55. The van der Waals surface area contributed by atoms with Gasteiger partial charge in [0.25, 0.3) is 0 Å². The molecule has 104 valence electrons. The Kier molecular flexibility index (Phi) is 3.41. The molecule has 2 aliphatic heterocycles. The minimum Gasteiger partial charge on any atom is -0.329 e. The molecule has 2 saturated heterocycles. The molecule has 0 spiro atoms. The van der Waals surface area contributed by atoms with E-state index in [-0.39, 0.29) is 0 Å². The molecule has 3 fully saturated rings. The van der Waals surface area contributed by atoms with E-state index in [1.54, 1.807) is 0 Å². The van der Waals surface area contributed by atoms with E-state index in [9.17, 15) is 0 Å². The maximum absolute atomic E-state index is 6.23. The third-order valence-electron chi connectivity index (χ3n) is 5.81. The van der Waals surface area contributed by atoms with Crippen molar-refractivity contribution >= 4 is 0 Å². The highest BCUT2D eigenvalue weighted by Crippen LogP contribution is 2.46. The monoisotopic (exact) mass is 251 g/mol. The van der Waals surface area contributed by atoms with E-state index in [1.807, 2.05) is 0 Å². The Hall–Kier alpha value is -0.120. The van der Waals surface area contributed by atoms with Crippen LogP contribution >= 0.6 is 0 Å². The second-order valence-electron chi connectivity index (χ2n) is 6.73. The predicted molar refractivity (Wildman–Crippen MR) is 75.6 cm³/mol. The summed E-state index contributed by atoms with van der Waals surface area (Å²) in [4.78, 5) is 5.52. The van der Waals surface area contributed by atoms with Gasteiger partial charge in [0, 0.05) is 37.3 Å². The van der Waals surface area contributed by atoms with Gasteiger partial charge in [-0.05, 0) is 51.5 Å². The minimum absolute atomic E-state index is 0.314. The zero-order valence-corrected chi connectivity index (χ0v) is 12.1. The molecular weight excluding hydrogens is 222 g/mol. The topological polar surface area (TPSA) is 32.5 Å². The Labute approximate surface area is 112 Å². The molecule has 0 radical (unpaired) electrons. The molecule has 0 aromatic rings. The first-order chi connectivity index (χ1) is 8.71. The molecule has 1 aliphatic carbocycles. The smallest absolute Gasteiger partial charge is 0.0361 e. The van der Waals surface area contributed by atoms with Crippen molar-refractivity contribution < 1.29 is 0 Å². The van der Waals surface area contributed by atoms with E-state index in [0.29, 0.717) is 11.6 Å². The third-order valence-corrected chi connectivity index (χ3v) is 5.81. The largest absolute Gasteiger partial charge is 0.329 e. The number of nitrogens with zero attached hydrogens (tertiary/aromatic N) is 2. The predicted octanol–water partition coefficient (Wildman–Crippen LogP) is 1.67.